The van der Waals surface area contributed by atoms with Gasteiger partial charge in [-0.1, -0.05) is 30.7 Å². The van der Waals surface area contributed by atoms with Crippen molar-refractivity contribution in [3.05, 3.63) is 23.8 Å². The van der Waals surface area contributed by atoms with E-state index in [-0.39, 0.29) is 0 Å². The second-order valence-corrected chi connectivity index (χ2v) is 5.78. The van der Waals surface area contributed by atoms with Crippen molar-refractivity contribution in [3.8, 4) is 0 Å². The van der Waals surface area contributed by atoms with Crippen LogP contribution >= 0.6 is 0 Å². The molecule has 0 aliphatic heterocycles. The molecule has 0 aromatic rings. The molecule has 0 heteroatoms. The molecule has 4 unspecified atom stereocenters. The molecule has 2 aliphatic carbocycles. The van der Waals surface area contributed by atoms with Gasteiger partial charge in [-0.05, 0) is 63.2 Å². The van der Waals surface area contributed by atoms with E-state index >= 15 is 0 Å². The minimum absolute atomic E-state index is 0.917. The van der Waals surface area contributed by atoms with E-state index in [1.54, 1.807) is 0 Å². The lowest BCUT2D eigenvalue weighted by Gasteiger charge is -2.25. The predicted octanol–water partition coefficient (Wildman–Crippen LogP) is 4.58. The molecule has 15 heavy (non-hydrogen) atoms. The van der Waals surface area contributed by atoms with Gasteiger partial charge in [0.2, 0.25) is 0 Å². The van der Waals surface area contributed by atoms with Crippen molar-refractivity contribution in [1.29, 1.82) is 0 Å². The van der Waals surface area contributed by atoms with Crippen molar-refractivity contribution < 1.29 is 0 Å². The summed E-state index contributed by atoms with van der Waals surface area (Å²) in [5.41, 5.74) is 1.47. The number of hydrogen-bond acceptors (Lipinski definition) is 0. The van der Waals surface area contributed by atoms with Gasteiger partial charge in [0, 0.05) is 0 Å². The monoisotopic (exact) mass is 204 g/mol. The summed E-state index contributed by atoms with van der Waals surface area (Å²) in [6, 6.07) is 0. The van der Waals surface area contributed by atoms with Crippen LogP contribution in [0.1, 0.15) is 46.5 Å². The van der Waals surface area contributed by atoms with Gasteiger partial charge >= 0.3 is 0 Å². The second kappa shape index (κ2) is 4.55. The molecule has 2 rings (SSSR count). The topological polar surface area (TPSA) is 0 Å². The van der Waals surface area contributed by atoms with Crippen LogP contribution in [0.2, 0.25) is 0 Å². The van der Waals surface area contributed by atoms with Crippen LogP contribution in [-0.4, -0.2) is 0 Å². The van der Waals surface area contributed by atoms with E-state index in [0.717, 1.165) is 23.7 Å². The maximum absolute atomic E-state index is 2.48. The Balaban J connectivity index is 1.79. The standard InChI is InChI=1S/C15H24/c1-11(2)5-4-6-12(3)15-10-13-7-8-14(15)9-13/h5,7-8,12-15H,4,6,9-10H2,1-3H3. The zero-order valence-corrected chi connectivity index (χ0v) is 10.4. The minimum atomic E-state index is 0.917. The van der Waals surface area contributed by atoms with Gasteiger partial charge in [-0.25, -0.2) is 0 Å². The molecular weight excluding hydrogens is 180 g/mol. The first-order valence-electron chi connectivity index (χ1n) is 6.48. The Bertz CT molecular complexity index is 268. The van der Waals surface area contributed by atoms with Gasteiger partial charge in [-0.2, -0.15) is 0 Å². The van der Waals surface area contributed by atoms with E-state index < -0.39 is 0 Å². The molecule has 0 amide bonds. The lowest BCUT2D eigenvalue weighted by Crippen LogP contribution is -2.16. The smallest absolute Gasteiger partial charge is 0.0197 e. The van der Waals surface area contributed by atoms with E-state index in [2.05, 4.69) is 39.0 Å². The van der Waals surface area contributed by atoms with Gasteiger partial charge in [-0.15, -0.1) is 0 Å². The van der Waals surface area contributed by atoms with Gasteiger partial charge in [0.25, 0.3) is 0 Å². The highest BCUT2D eigenvalue weighted by atomic mass is 14.4. The van der Waals surface area contributed by atoms with E-state index in [1.165, 1.54) is 31.3 Å². The summed E-state index contributed by atoms with van der Waals surface area (Å²) >= 11 is 0. The van der Waals surface area contributed by atoms with Gasteiger partial charge in [0.1, 0.15) is 0 Å². The Labute approximate surface area is 94.5 Å². The summed E-state index contributed by atoms with van der Waals surface area (Å²) in [5, 5.41) is 0. The van der Waals surface area contributed by atoms with Gasteiger partial charge < -0.3 is 0 Å². The lowest BCUT2D eigenvalue weighted by molar-refractivity contribution is 0.294. The molecule has 84 valence electrons. The highest BCUT2D eigenvalue weighted by molar-refractivity contribution is 5.10. The van der Waals surface area contributed by atoms with Crippen LogP contribution in [0.25, 0.3) is 0 Å². The Morgan fingerprint density at radius 3 is 2.67 bits per heavy atom. The second-order valence-electron chi connectivity index (χ2n) is 5.78. The predicted molar refractivity (Wildman–Crippen MR) is 66.7 cm³/mol. The molecule has 1 fully saturated rings. The Kier molecular flexibility index (Phi) is 3.33. The molecule has 2 bridgehead atoms. The van der Waals surface area contributed by atoms with Crippen LogP contribution in [0.15, 0.2) is 23.8 Å². The molecule has 0 radical (unpaired) electrons. The normalized spacial score (nSPS) is 34.5. The van der Waals surface area contributed by atoms with E-state index in [9.17, 15) is 0 Å². The third-order valence-corrected chi connectivity index (χ3v) is 4.24. The maximum atomic E-state index is 2.48. The highest BCUT2D eigenvalue weighted by Gasteiger charge is 2.37. The number of fused-ring (bicyclic) bond motifs is 2. The fourth-order valence-corrected chi connectivity index (χ4v) is 3.33. The highest BCUT2D eigenvalue weighted by Crippen LogP contribution is 2.47. The number of allylic oxidation sites excluding steroid dienone is 4. The zero-order valence-electron chi connectivity index (χ0n) is 10.4. The number of rotatable bonds is 4. The zero-order chi connectivity index (χ0) is 10.8. The molecular formula is C15H24. The van der Waals surface area contributed by atoms with Crippen molar-refractivity contribution >= 4 is 0 Å². The third kappa shape index (κ3) is 2.53. The van der Waals surface area contributed by atoms with E-state index in [0.29, 0.717) is 0 Å². The minimum Gasteiger partial charge on any atom is -0.0859 e. The van der Waals surface area contributed by atoms with Crippen molar-refractivity contribution in [3.63, 3.8) is 0 Å². The first-order valence-corrected chi connectivity index (χ1v) is 6.48. The van der Waals surface area contributed by atoms with Gasteiger partial charge in [0.05, 0.1) is 0 Å². The summed E-state index contributed by atoms with van der Waals surface area (Å²) in [5.74, 6) is 3.77. The van der Waals surface area contributed by atoms with Crippen LogP contribution < -0.4 is 0 Å². The van der Waals surface area contributed by atoms with Crippen LogP contribution in [-0.2, 0) is 0 Å². The molecule has 1 saturated carbocycles. The molecule has 0 aromatic carbocycles. The SMILES string of the molecule is CC(C)=CCCC(C)C1CC2C=CC1C2. The van der Waals surface area contributed by atoms with Crippen LogP contribution in [0, 0.1) is 23.7 Å². The van der Waals surface area contributed by atoms with E-state index in [4.69, 9.17) is 0 Å². The van der Waals surface area contributed by atoms with Crippen molar-refractivity contribution in [2.45, 2.75) is 46.5 Å². The number of hydrogen-bond donors (Lipinski definition) is 0. The van der Waals surface area contributed by atoms with Crippen molar-refractivity contribution in [2.24, 2.45) is 23.7 Å². The molecule has 2 aliphatic rings. The van der Waals surface area contributed by atoms with Gasteiger partial charge in [-0.3, -0.25) is 0 Å². The molecule has 0 saturated heterocycles. The lowest BCUT2D eigenvalue weighted by atomic mass is 9.81. The molecule has 0 nitrogen and oxygen atoms in total. The fourth-order valence-electron chi connectivity index (χ4n) is 3.33. The van der Waals surface area contributed by atoms with Crippen LogP contribution in [0.5, 0.6) is 0 Å². The Hall–Kier alpha value is -0.520. The van der Waals surface area contributed by atoms with E-state index in [1.807, 2.05) is 0 Å². The largest absolute Gasteiger partial charge is 0.0859 e. The summed E-state index contributed by atoms with van der Waals surface area (Å²) in [7, 11) is 0. The van der Waals surface area contributed by atoms with Crippen molar-refractivity contribution in [2.75, 3.05) is 0 Å². The molecule has 0 aromatic heterocycles. The summed E-state index contributed by atoms with van der Waals surface area (Å²) in [6.07, 6.45) is 12.9. The summed E-state index contributed by atoms with van der Waals surface area (Å²) in [4.78, 5) is 0. The molecule has 0 heterocycles. The first-order chi connectivity index (χ1) is 7.16. The van der Waals surface area contributed by atoms with Crippen LogP contribution in [0.3, 0.4) is 0 Å². The van der Waals surface area contributed by atoms with Crippen molar-refractivity contribution in [1.82, 2.24) is 0 Å². The molecule has 0 spiro atoms. The average Bonchev–Trinajstić information content (AvgIpc) is 2.77. The van der Waals surface area contributed by atoms with Crippen LogP contribution in [0.4, 0.5) is 0 Å². The molecule has 0 N–H and O–H groups in total. The van der Waals surface area contributed by atoms with Gasteiger partial charge in [0.15, 0.2) is 0 Å². The molecule has 4 atom stereocenters. The average molecular weight is 204 g/mol. The summed E-state index contributed by atoms with van der Waals surface area (Å²) in [6.45, 7) is 6.86. The third-order valence-electron chi connectivity index (χ3n) is 4.24. The maximum Gasteiger partial charge on any atom is -0.0197 e. The summed E-state index contributed by atoms with van der Waals surface area (Å²) < 4.78 is 0. The fraction of sp³-hybridized carbons (Fsp3) is 0.733. The first kappa shape index (κ1) is 11.0. The Morgan fingerprint density at radius 1 is 1.33 bits per heavy atom. The Morgan fingerprint density at radius 2 is 2.13 bits per heavy atom. The quantitative estimate of drug-likeness (QED) is 0.588.